The van der Waals surface area contributed by atoms with Crippen LogP contribution in [-0.2, 0) is 0 Å². The summed E-state index contributed by atoms with van der Waals surface area (Å²) in [4.78, 5) is 27.9. The monoisotopic (exact) mass is 421 g/mol. The lowest BCUT2D eigenvalue weighted by Crippen LogP contribution is -2.14. The molecule has 0 unspecified atom stereocenters. The highest BCUT2D eigenvalue weighted by Gasteiger charge is 2.19. The number of oxazole rings is 1. The number of halogens is 1. The molecule has 4 aromatic rings. The molecule has 0 bridgehead atoms. The molecule has 1 aromatic heterocycles. The number of anilines is 1. The number of carbonyl (C=O) groups is 1. The normalized spacial score (nSPS) is 10.9. The van der Waals surface area contributed by atoms with Gasteiger partial charge in [0.1, 0.15) is 5.52 Å². The van der Waals surface area contributed by atoms with E-state index in [0.29, 0.717) is 27.7 Å². The minimum absolute atomic E-state index is 0.121. The number of carbonyl (C=O) groups excluding carboxylic acids is 1. The maximum absolute atomic E-state index is 12.8. The quantitative estimate of drug-likeness (QED) is 0.325. The summed E-state index contributed by atoms with van der Waals surface area (Å²) in [5.41, 5.74) is 3.80. The number of rotatable bonds is 4. The van der Waals surface area contributed by atoms with E-state index in [2.05, 4.69) is 10.3 Å². The molecule has 4 rings (SSSR count). The zero-order valence-corrected chi connectivity index (χ0v) is 16.9. The smallest absolute Gasteiger partial charge is 0.273 e. The van der Waals surface area contributed by atoms with E-state index in [1.165, 1.54) is 25.1 Å². The molecule has 7 nitrogen and oxygen atoms in total. The van der Waals surface area contributed by atoms with Crippen molar-refractivity contribution in [2.75, 3.05) is 5.32 Å². The lowest BCUT2D eigenvalue weighted by Gasteiger charge is -2.10. The summed E-state index contributed by atoms with van der Waals surface area (Å²) in [6, 6.07) is 15.1. The van der Waals surface area contributed by atoms with Gasteiger partial charge in [-0.25, -0.2) is 4.98 Å². The van der Waals surface area contributed by atoms with Gasteiger partial charge in [-0.05, 0) is 55.8 Å². The number of hydrogen-bond donors (Lipinski definition) is 1. The van der Waals surface area contributed by atoms with E-state index in [1.54, 1.807) is 18.2 Å². The molecule has 0 atom stereocenters. The van der Waals surface area contributed by atoms with Crippen LogP contribution in [0.25, 0.3) is 22.6 Å². The second-order valence-corrected chi connectivity index (χ2v) is 7.25. The Balaban J connectivity index is 1.68. The number of fused-ring (bicyclic) bond motifs is 1. The lowest BCUT2D eigenvalue weighted by atomic mass is 10.1. The Morgan fingerprint density at radius 1 is 1.13 bits per heavy atom. The van der Waals surface area contributed by atoms with Crippen molar-refractivity contribution < 1.29 is 14.1 Å². The van der Waals surface area contributed by atoms with Crippen molar-refractivity contribution in [1.29, 1.82) is 0 Å². The zero-order valence-electron chi connectivity index (χ0n) is 16.1. The fourth-order valence-corrected chi connectivity index (χ4v) is 3.34. The number of benzene rings is 3. The summed E-state index contributed by atoms with van der Waals surface area (Å²) >= 11 is 6.26. The summed E-state index contributed by atoms with van der Waals surface area (Å²) in [6.45, 7) is 3.50. The number of aromatic nitrogens is 1. The highest BCUT2D eigenvalue weighted by atomic mass is 35.5. The van der Waals surface area contributed by atoms with Crippen molar-refractivity contribution in [2.24, 2.45) is 0 Å². The van der Waals surface area contributed by atoms with Gasteiger partial charge in [-0.2, -0.15) is 0 Å². The van der Waals surface area contributed by atoms with Crippen molar-refractivity contribution in [3.8, 4) is 11.5 Å². The SMILES string of the molecule is Cc1ccc2oc(-c3ccc(Cl)c(NC(=O)c4cccc([N+](=O)[O-])c4C)c3)nc2c1. The maximum atomic E-state index is 12.8. The first-order valence-electron chi connectivity index (χ1n) is 9.06. The third kappa shape index (κ3) is 3.62. The van der Waals surface area contributed by atoms with Gasteiger partial charge in [0, 0.05) is 22.8 Å². The molecule has 0 aliphatic carbocycles. The van der Waals surface area contributed by atoms with Crippen LogP contribution in [0, 0.1) is 24.0 Å². The van der Waals surface area contributed by atoms with Crippen LogP contribution in [0.4, 0.5) is 11.4 Å². The van der Waals surface area contributed by atoms with E-state index >= 15 is 0 Å². The molecule has 0 aliphatic rings. The van der Waals surface area contributed by atoms with Crippen LogP contribution in [0.2, 0.25) is 5.02 Å². The highest BCUT2D eigenvalue weighted by Crippen LogP contribution is 2.31. The van der Waals surface area contributed by atoms with Gasteiger partial charge in [0.15, 0.2) is 5.58 Å². The van der Waals surface area contributed by atoms with Crippen LogP contribution in [0.1, 0.15) is 21.5 Å². The molecular weight excluding hydrogens is 406 g/mol. The van der Waals surface area contributed by atoms with Gasteiger partial charge >= 0.3 is 0 Å². The predicted octanol–water partition coefficient (Wildman–Crippen LogP) is 5.93. The molecule has 1 N–H and O–H groups in total. The largest absolute Gasteiger partial charge is 0.436 e. The third-order valence-corrected chi connectivity index (χ3v) is 5.08. The molecule has 0 saturated heterocycles. The average molecular weight is 422 g/mol. The Kier molecular flexibility index (Phi) is 4.97. The second-order valence-electron chi connectivity index (χ2n) is 6.85. The fourth-order valence-electron chi connectivity index (χ4n) is 3.17. The van der Waals surface area contributed by atoms with Gasteiger partial charge in [0.05, 0.1) is 15.6 Å². The second kappa shape index (κ2) is 7.61. The summed E-state index contributed by atoms with van der Waals surface area (Å²) < 4.78 is 5.81. The third-order valence-electron chi connectivity index (χ3n) is 4.75. The Labute approximate surface area is 176 Å². The molecule has 3 aromatic carbocycles. The lowest BCUT2D eigenvalue weighted by molar-refractivity contribution is -0.385. The fraction of sp³-hybridized carbons (Fsp3) is 0.0909. The Morgan fingerprint density at radius 3 is 2.70 bits per heavy atom. The van der Waals surface area contributed by atoms with Gasteiger partial charge in [-0.3, -0.25) is 14.9 Å². The predicted molar refractivity (Wildman–Crippen MR) is 115 cm³/mol. The first-order valence-corrected chi connectivity index (χ1v) is 9.44. The summed E-state index contributed by atoms with van der Waals surface area (Å²) in [7, 11) is 0. The van der Waals surface area contributed by atoms with Crippen molar-refractivity contribution in [2.45, 2.75) is 13.8 Å². The molecule has 150 valence electrons. The Bertz CT molecular complexity index is 1310. The molecule has 0 radical (unpaired) electrons. The van der Waals surface area contributed by atoms with Crippen LogP contribution < -0.4 is 5.32 Å². The van der Waals surface area contributed by atoms with E-state index in [9.17, 15) is 14.9 Å². The van der Waals surface area contributed by atoms with E-state index in [1.807, 2.05) is 25.1 Å². The number of aryl methyl sites for hydroxylation is 1. The van der Waals surface area contributed by atoms with Crippen molar-refractivity contribution >= 4 is 40.0 Å². The van der Waals surface area contributed by atoms with Gasteiger partial charge < -0.3 is 9.73 Å². The number of nitro benzene ring substituents is 1. The van der Waals surface area contributed by atoms with Gasteiger partial charge in [-0.15, -0.1) is 0 Å². The maximum Gasteiger partial charge on any atom is 0.273 e. The standard InChI is InChI=1S/C22H16ClN3O4/c1-12-6-9-20-18(10-12)25-22(30-20)14-7-8-16(23)17(11-14)24-21(27)15-4-3-5-19(13(15)2)26(28)29/h3-11H,1-2H3,(H,24,27). The molecule has 8 heteroatoms. The zero-order chi connectivity index (χ0) is 21.4. The first-order chi connectivity index (χ1) is 14.3. The Morgan fingerprint density at radius 2 is 1.93 bits per heavy atom. The molecule has 1 heterocycles. The minimum atomic E-state index is -0.519. The van der Waals surface area contributed by atoms with Gasteiger partial charge in [-0.1, -0.05) is 23.7 Å². The number of nitrogens with zero attached hydrogens (tertiary/aromatic N) is 2. The highest BCUT2D eigenvalue weighted by molar-refractivity contribution is 6.34. The van der Waals surface area contributed by atoms with Crippen LogP contribution in [0.5, 0.6) is 0 Å². The summed E-state index contributed by atoms with van der Waals surface area (Å²) in [5, 5.41) is 14.2. The number of nitro groups is 1. The van der Waals surface area contributed by atoms with E-state index < -0.39 is 10.8 Å². The number of nitrogens with one attached hydrogen (secondary N) is 1. The number of amides is 1. The first kappa shape index (κ1) is 19.6. The van der Waals surface area contributed by atoms with Crippen LogP contribution in [0.3, 0.4) is 0 Å². The topological polar surface area (TPSA) is 98.3 Å². The molecule has 0 spiro atoms. The van der Waals surface area contributed by atoms with Crippen molar-refractivity contribution in [3.05, 3.63) is 86.4 Å². The van der Waals surface area contributed by atoms with Gasteiger partial charge in [0.2, 0.25) is 5.89 Å². The van der Waals surface area contributed by atoms with Crippen molar-refractivity contribution in [1.82, 2.24) is 4.98 Å². The summed E-state index contributed by atoms with van der Waals surface area (Å²) in [6.07, 6.45) is 0. The van der Waals surface area contributed by atoms with E-state index in [4.69, 9.17) is 16.0 Å². The van der Waals surface area contributed by atoms with Crippen LogP contribution >= 0.6 is 11.6 Å². The molecule has 0 saturated carbocycles. The van der Waals surface area contributed by atoms with E-state index in [-0.39, 0.29) is 16.8 Å². The minimum Gasteiger partial charge on any atom is -0.436 e. The number of hydrogen-bond acceptors (Lipinski definition) is 5. The molecule has 0 fully saturated rings. The summed E-state index contributed by atoms with van der Waals surface area (Å²) in [5.74, 6) is -0.0993. The van der Waals surface area contributed by atoms with Crippen LogP contribution in [-0.4, -0.2) is 15.8 Å². The average Bonchev–Trinajstić information content (AvgIpc) is 3.12. The van der Waals surface area contributed by atoms with E-state index in [0.717, 1.165) is 11.1 Å². The molecule has 1 amide bonds. The molecule has 0 aliphatic heterocycles. The van der Waals surface area contributed by atoms with Crippen molar-refractivity contribution in [3.63, 3.8) is 0 Å². The molecular formula is C22H16ClN3O4. The van der Waals surface area contributed by atoms with Gasteiger partial charge in [0.25, 0.3) is 11.6 Å². The van der Waals surface area contributed by atoms with Crippen LogP contribution in [0.15, 0.2) is 59.0 Å². The molecule has 30 heavy (non-hydrogen) atoms. The Hall–Kier alpha value is -3.71.